The zero-order valence-corrected chi connectivity index (χ0v) is 14.5. The van der Waals surface area contributed by atoms with Gasteiger partial charge in [-0.25, -0.2) is 0 Å². The summed E-state index contributed by atoms with van der Waals surface area (Å²) in [6, 6.07) is 0. The molecule has 2 unspecified atom stereocenters. The molecule has 2 atom stereocenters. The standard InChI is InChI=1S/C9H10F6O.3C2H6/c1-4-3-6(5(2)16)7(4,8(10,11)12)9(13,14)15;3*1-2/h4,6H,3H2,1-2H3;3*1-2H3. The van der Waals surface area contributed by atoms with Crippen LogP contribution in [0.2, 0.25) is 0 Å². The van der Waals surface area contributed by atoms with Gasteiger partial charge in [0, 0.05) is 5.92 Å². The van der Waals surface area contributed by atoms with Crippen molar-refractivity contribution >= 4 is 5.78 Å². The van der Waals surface area contributed by atoms with Gasteiger partial charge in [0.2, 0.25) is 0 Å². The minimum atomic E-state index is -5.45. The van der Waals surface area contributed by atoms with Crippen molar-refractivity contribution in [2.24, 2.45) is 17.3 Å². The minimum Gasteiger partial charge on any atom is -0.300 e. The molecule has 0 bridgehead atoms. The van der Waals surface area contributed by atoms with Crippen LogP contribution in [0.5, 0.6) is 0 Å². The molecule has 0 radical (unpaired) electrons. The lowest BCUT2D eigenvalue weighted by Crippen LogP contribution is -2.67. The molecule has 0 aliphatic heterocycles. The summed E-state index contributed by atoms with van der Waals surface area (Å²) in [5.41, 5.74) is -3.86. The van der Waals surface area contributed by atoms with Crippen molar-refractivity contribution in [1.82, 2.24) is 0 Å². The Kier molecular flexibility index (Phi) is 12.0. The Morgan fingerprint density at radius 2 is 1.14 bits per heavy atom. The number of hydrogen-bond donors (Lipinski definition) is 0. The van der Waals surface area contributed by atoms with Crippen LogP contribution in [0.4, 0.5) is 26.3 Å². The molecule has 1 saturated carbocycles. The van der Waals surface area contributed by atoms with E-state index in [4.69, 9.17) is 0 Å². The summed E-state index contributed by atoms with van der Waals surface area (Å²) in [6.45, 7) is 13.6. The van der Waals surface area contributed by atoms with Gasteiger partial charge in [-0.1, -0.05) is 48.5 Å². The van der Waals surface area contributed by atoms with E-state index in [1.165, 1.54) is 0 Å². The van der Waals surface area contributed by atoms with E-state index in [-0.39, 0.29) is 6.42 Å². The highest BCUT2D eigenvalue weighted by Crippen LogP contribution is 2.68. The van der Waals surface area contributed by atoms with Gasteiger partial charge in [-0.05, 0) is 19.3 Å². The predicted octanol–water partition coefficient (Wildman–Crippen LogP) is 6.42. The van der Waals surface area contributed by atoms with Crippen molar-refractivity contribution < 1.29 is 31.1 Å². The van der Waals surface area contributed by atoms with Gasteiger partial charge >= 0.3 is 12.4 Å². The second-order valence-electron chi connectivity index (χ2n) is 4.16. The van der Waals surface area contributed by atoms with Gasteiger partial charge in [-0.2, -0.15) is 26.3 Å². The number of carbonyl (C=O) groups excluding carboxylic acids is 1. The lowest BCUT2D eigenvalue weighted by molar-refractivity contribution is -0.399. The fourth-order valence-corrected chi connectivity index (χ4v) is 2.51. The maximum Gasteiger partial charge on any atom is 0.404 e. The maximum absolute atomic E-state index is 12.6. The third-order valence-corrected chi connectivity index (χ3v) is 3.35. The molecule has 0 aromatic rings. The van der Waals surface area contributed by atoms with Crippen LogP contribution in [0.3, 0.4) is 0 Å². The van der Waals surface area contributed by atoms with E-state index in [1.54, 1.807) is 0 Å². The Bertz CT molecular complexity index is 292. The Labute approximate surface area is 129 Å². The number of halogens is 6. The van der Waals surface area contributed by atoms with E-state index in [0.717, 1.165) is 13.8 Å². The zero-order valence-electron chi connectivity index (χ0n) is 14.5. The number of rotatable bonds is 1. The summed E-state index contributed by atoms with van der Waals surface area (Å²) < 4.78 is 75.8. The van der Waals surface area contributed by atoms with Gasteiger partial charge in [-0.3, -0.25) is 4.79 Å². The first kappa shape index (κ1) is 26.2. The highest BCUT2D eigenvalue weighted by molar-refractivity contribution is 5.80. The lowest BCUT2D eigenvalue weighted by Gasteiger charge is -2.54. The minimum absolute atomic E-state index is 0.367. The van der Waals surface area contributed by atoms with Gasteiger partial charge in [0.05, 0.1) is 0 Å². The summed E-state index contributed by atoms with van der Waals surface area (Å²) in [7, 11) is 0. The molecule has 7 heteroatoms. The van der Waals surface area contributed by atoms with Crippen LogP contribution in [0.1, 0.15) is 61.8 Å². The Balaban J connectivity index is -0.000000535. The maximum atomic E-state index is 12.6. The molecule has 1 nitrogen and oxygen atoms in total. The number of ketones is 1. The van der Waals surface area contributed by atoms with Crippen molar-refractivity contribution in [3.8, 4) is 0 Å². The summed E-state index contributed by atoms with van der Waals surface area (Å²) in [6.07, 6.45) is -11.3. The van der Waals surface area contributed by atoms with Gasteiger partial charge < -0.3 is 0 Å². The average molecular weight is 338 g/mol. The van der Waals surface area contributed by atoms with Crippen molar-refractivity contribution in [2.45, 2.75) is 74.2 Å². The van der Waals surface area contributed by atoms with Crippen LogP contribution in [0.15, 0.2) is 0 Å². The van der Waals surface area contributed by atoms with Crippen LogP contribution in [-0.4, -0.2) is 18.1 Å². The number of Topliss-reactive ketones (excluding diaryl/α,β-unsaturated/α-hetero) is 1. The van der Waals surface area contributed by atoms with Gasteiger partial charge in [0.25, 0.3) is 0 Å². The van der Waals surface area contributed by atoms with E-state index in [0.29, 0.717) is 0 Å². The quantitative estimate of drug-likeness (QED) is 0.504. The lowest BCUT2D eigenvalue weighted by atomic mass is 9.51. The van der Waals surface area contributed by atoms with E-state index < -0.39 is 35.4 Å². The highest BCUT2D eigenvalue weighted by atomic mass is 19.4. The normalized spacial score (nSPS) is 22.5. The largest absolute Gasteiger partial charge is 0.404 e. The molecule has 0 heterocycles. The van der Waals surface area contributed by atoms with Crippen LogP contribution in [0, 0.1) is 17.3 Å². The predicted molar refractivity (Wildman–Crippen MR) is 76.5 cm³/mol. The smallest absolute Gasteiger partial charge is 0.300 e. The number of carbonyl (C=O) groups is 1. The first-order chi connectivity index (χ1) is 9.96. The zero-order chi connectivity index (χ0) is 18.9. The topological polar surface area (TPSA) is 17.1 Å². The van der Waals surface area contributed by atoms with Crippen LogP contribution < -0.4 is 0 Å². The van der Waals surface area contributed by atoms with Gasteiger partial charge in [-0.15, -0.1) is 0 Å². The van der Waals surface area contributed by atoms with Crippen molar-refractivity contribution in [1.29, 1.82) is 0 Å². The first-order valence-electron chi connectivity index (χ1n) is 7.60. The van der Waals surface area contributed by atoms with Crippen molar-refractivity contribution in [2.75, 3.05) is 0 Å². The Hall–Kier alpha value is -0.750. The second kappa shape index (κ2) is 10.1. The van der Waals surface area contributed by atoms with Gasteiger partial charge in [0.15, 0.2) is 5.41 Å². The van der Waals surface area contributed by atoms with Gasteiger partial charge in [0.1, 0.15) is 5.78 Å². The van der Waals surface area contributed by atoms with Crippen LogP contribution in [-0.2, 0) is 4.79 Å². The first-order valence-corrected chi connectivity index (χ1v) is 7.60. The molecule has 0 aromatic heterocycles. The molecule has 1 rings (SSSR count). The molecule has 1 aliphatic carbocycles. The number of hydrogen-bond acceptors (Lipinski definition) is 1. The molecule has 1 fully saturated rings. The molecule has 0 N–H and O–H groups in total. The van der Waals surface area contributed by atoms with E-state index in [1.807, 2.05) is 41.5 Å². The molecule has 22 heavy (non-hydrogen) atoms. The average Bonchev–Trinajstić information content (AvgIpc) is 2.39. The molecular weight excluding hydrogens is 310 g/mol. The highest BCUT2D eigenvalue weighted by Gasteiger charge is 2.81. The molecule has 0 spiro atoms. The third-order valence-electron chi connectivity index (χ3n) is 3.35. The van der Waals surface area contributed by atoms with E-state index >= 15 is 0 Å². The molecule has 0 saturated heterocycles. The molecule has 0 amide bonds. The summed E-state index contributed by atoms with van der Waals surface area (Å²) in [4.78, 5) is 10.9. The Morgan fingerprint density at radius 1 is 0.864 bits per heavy atom. The van der Waals surface area contributed by atoms with Crippen LogP contribution >= 0.6 is 0 Å². The van der Waals surface area contributed by atoms with E-state index in [2.05, 4.69) is 0 Å². The van der Waals surface area contributed by atoms with Crippen LogP contribution in [0.25, 0.3) is 0 Å². The monoisotopic (exact) mass is 338 g/mol. The second-order valence-corrected chi connectivity index (χ2v) is 4.16. The Morgan fingerprint density at radius 3 is 1.23 bits per heavy atom. The molecular formula is C15H28F6O. The molecule has 0 aromatic carbocycles. The molecule has 136 valence electrons. The summed E-state index contributed by atoms with van der Waals surface area (Å²) >= 11 is 0. The number of alkyl halides is 6. The fourth-order valence-electron chi connectivity index (χ4n) is 2.51. The third kappa shape index (κ3) is 4.62. The fraction of sp³-hybridized carbons (Fsp3) is 0.933. The molecule has 1 aliphatic rings. The SMILES string of the molecule is CC.CC.CC.CC(=O)C1CC(C)C1(C(F)(F)F)C(F)(F)F. The summed E-state index contributed by atoms with van der Waals surface area (Å²) in [5, 5.41) is 0. The summed E-state index contributed by atoms with van der Waals surface area (Å²) in [5.74, 6) is -4.67. The van der Waals surface area contributed by atoms with Crippen molar-refractivity contribution in [3.63, 3.8) is 0 Å². The van der Waals surface area contributed by atoms with Crippen molar-refractivity contribution in [3.05, 3.63) is 0 Å². The van der Waals surface area contributed by atoms with E-state index in [9.17, 15) is 31.1 Å².